The average Bonchev–Trinajstić information content (AvgIpc) is 2.56. The molecule has 0 saturated heterocycles. The molecule has 0 fully saturated rings. The first-order chi connectivity index (χ1) is 11.9. The van der Waals surface area contributed by atoms with Crippen molar-refractivity contribution in [3.05, 3.63) is 63.1 Å². The van der Waals surface area contributed by atoms with Crippen LogP contribution in [0.25, 0.3) is 19.2 Å². The Labute approximate surface area is 155 Å². The van der Waals surface area contributed by atoms with Crippen LogP contribution in [0.1, 0.15) is 76.5 Å². The lowest BCUT2D eigenvalue weighted by atomic mass is 9.93. The third kappa shape index (κ3) is 6.90. The molecule has 1 aromatic carbocycles. The molecule has 0 aliphatic heterocycles. The van der Waals surface area contributed by atoms with E-state index in [-0.39, 0.29) is 0 Å². The molecular formula is C25H36. The fourth-order valence-electron chi connectivity index (χ4n) is 3.16. The van der Waals surface area contributed by atoms with Crippen LogP contribution in [-0.4, -0.2) is 0 Å². The molecule has 0 spiro atoms. The lowest BCUT2D eigenvalue weighted by Crippen LogP contribution is -2.22. The van der Waals surface area contributed by atoms with E-state index >= 15 is 0 Å². The number of hydrogen-bond acceptors (Lipinski definition) is 0. The number of rotatable bonds is 10. The van der Waals surface area contributed by atoms with Gasteiger partial charge in [-0.25, -0.2) is 0 Å². The Bertz CT molecular complexity index is 724. The van der Waals surface area contributed by atoms with Gasteiger partial charge in [0, 0.05) is 0 Å². The highest BCUT2D eigenvalue weighted by molar-refractivity contribution is 5.56. The van der Waals surface area contributed by atoms with Crippen LogP contribution in [0.2, 0.25) is 0 Å². The molecule has 0 nitrogen and oxygen atoms in total. The first-order valence-electron chi connectivity index (χ1n) is 9.64. The quantitative estimate of drug-likeness (QED) is 0.357. The van der Waals surface area contributed by atoms with Crippen molar-refractivity contribution < 1.29 is 0 Å². The Morgan fingerprint density at radius 2 is 1.80 bits per heavy atom. The minimum absolute atomic E-state index is 0.929. The van der Waals surface area contributed by atoms with E-state index in [1.165, 1.54) is 47.1 Å². The molecule has 0 atom stereocenters. The fourth-order valence-corrected chi connectivity index (χ4v) is 3.16. The minimum Gasteiger partial charge on any atom is -0.0984 e. The predicted octanol–water partition coefficient (Wildman–Crippen LogP) is 6.12. The molecule has 0 bridgehead atoms. The van der Waals surface area contributed by atoms with Gasteiger partial charge in [-0.2, -0.15) is 0 Å². The van der Waals surface area contributed by atoms with Gasteiger partial charge < -0.3 is 0 Å². The van der Waals surface area contributed by atoms with E-state index in [1.54, 1.807) is 0 Å². The van der Waals surface area contributed by atoms with Crippen molar-refractivity contribution in [3.8, 4) is 0 Å². The predicted molar refractivity (Wildman–Crippen MR) is 116 cm³/mol. The Kier molecular flexibility index (Phi) is 9.27. The topological polar surface area (TPSA) is 0 Å². The van der Waals surface area contributed by atoms with Gasteiger partial charge in [0.25, 0.3) is 0 Å². The van der Waals surface area contributed by atoms with E-state index in [9.17, 15) is 0 Å². The van der Waals surface area contributed by atoms with E-state index in [2.05, 4.69) is 65.7 Å². The number of allylic oxidation sites excluding steroid dienone is 4. The van der Waals surface area contributed by atoms with Crippen molar-refractivity contribution in [2.24, 2.45) is 0 Å². The smallest absolute Gasteiger partial charge is 0.00887 e. The highest BCUT2D eigenvalue weighted by atomic mass is 14.1. The van der Waals surface area contributed by atoms with Crippen molar-refractivity contribution in [3.63, 3.8) is 0 Å². The molecule has 0 saturated carbocycles. The lowest BCUT2D eigenvalue weighted by Gasteiger charge is -2.12. The molecular weight excluding hydrogens is 300 g/mol. The molecule has 0 aliphatic rings. The van der Waals surface area contributed by atoms with Gasteiger partial charge in [-0.3, -0.25) is 0 Å². The standard InChI is InChI=1S/C25H36/c1-8-10-11-15-25-21(6)18-23(22(7)24(25)9-2)17-16-20(5)14-12-13-19(3)4/h9,13,16,18H,2,6-8,10-12,14-15,17H2,1,3-5H3/b20-16+. The molecule has 0 radical (unpaired) electrons. The molecule has 0 amide bonds. The maximum atomic E-state index is 4.35. The van der Waals surface area contributed by atoms with Crippen LogP contribution in [0.5, 0.6) is 0 Å². The van der Waals surface area contributed by atoms with E-state index in [4.69, 9.17) is 0 Å². The summed E-state index contributed by atoms with van der Waals surface area (Å²) in [6.45, 7) is 21.4. The third-order valence-electron chi connectivity index (χ3n) is 4.77. The number of hydrogen-bond donors (Lipinski definition) is 0. The normalized spacial score (nSPS) is 11.4. The zero-order valence-electron chi connectivity index (χ0n) is 16.9. The van der Waals surface area contributed by atoms with Gasteiger partial charge in [0.2, 0.25) is 0 Å². The van der Waals surface area contributed by atoms with Gasteiger partial charge in [-0.1, -0.05) is 74.9 Å². The van der Waals surface area contributed by atoms with Gasteiger partial charge >= 0.3 is 0 Å². The van der Waals surface area contributed by atoms with Crippen molar-refractivity contribution in [2.45, 2.75) is 72.6 Å². The summed E-state index contributed by atoms with van der Waals surface area (Å²) < 4.78 is 0. The van der Waals surface area contributed by atoms with Crippen LogP contribution in [0.15, 0.2) is 35.9 Å². The van der Waals surface area contributed by atoms with Gasteiger partial charge in [0.1, 0.15) is 0 Å². The summed E-state index contributed by atoms with van der Waals surface area (Å²) in [5.41, 5.74) is 6.65. The molecule has 25 heavy (non-hydrogen) atoms. The van der Waals surface area contributed by atoms with E-state index in [0.717, 1.165) is 36.1 Å². The molecule has 0 heteroatoms. The van der Waals surface area contributed by atoms with Crippen LogP contribution < -0.4 is 10.4 Å². The molecule has 136 valence electrons. The van der Waals surface area contributed by atoms with Crippen molar-refractivity contribution in [2.75, 3.05) is 0 Å². The second-order valence-corrected chi connectivity index (χ2v) is 7.30. The van der Waals surface area contributed by atoms with Crippen molar-refractivity contribution >= 4 is 19.2 Å². The van der Waals surface area contributed by atoms with Crippen LogP contribution >= 0.6 is 0 Å². The van der Waals surface area contributed by atoms with Crippen LogP contribution in [-0.2, 0) is 12.8 Å². The SMILES string of the molecule is C=Cc1c(CCCCC)c(=C)cc(C/C=C(\C)CCC=C(C)C)c1=C. The molecule has 0 aliphatic carbocycles. The molecule has 1 aromatic rings. The van der Waals surface area contributed by atoms with E-state index < -0.39 is 0 Å². The van der Waals surface area contributed by atoms with Gasteiger partial charge in [-0.15, -0.1) is 0 Å². The van der Waals surface area contributed by atoms with Gasteiger partial charge in [-0.05, 0) is 80.0 Å². The highest BCUT2D eigenvalue weighted by Crippen LogP contribution is 2.11. The number of unbranched alkanes of at least 4 members (excludes halogenated alkanes) is 2. The summed E-state index contributed by atoms with van der Waals surface area (Å²) in [7, 11) is 0. The highest BCUT2D eigenvalue weighted by Gasteiger charge is 2.06. The van der Waals surface area contributed by atoms with E-state index in [1.807, 2.05) is 6.08 Å². The van der Waals surface area contributed by atoms with Crippen LogP contribution in [0.3, 0.4) is 0 Å². The largest absolute Gasteiger partial charge is 0.0984 e. The summed E-state index contributed by atoms with van der Waals surface area (Å²) in [5, 5.41) is 2.27. The van der Waals surface area contributed by atoms with Crippen molar-refractivity contribution in [1.29, 1.82) is 0 Å². The third-order valence-corrected chi connectivity index (χ3v) is 4.77. The monoisotopic (exact) mass is 336 g/mol. The molecule has 0 aromatic heterocycles. The first-order valence-corrected chi connectivity index (χ1v) is 9.64. The lowest BCUT2D eigenvalue weighted by molar-refractivity contribution is 0.714. The Hall–Kier alpha value is -1.82. The fraction of sp³-hybridized carbons (Fsp3) is 0.440. The zero-order chi connectivity index (χ0) is 18.8. The summed E-state index contributed by atoms with van der Waals surface area (Å²) in [6, 6.07) is 2.23. The Morgan fingerprint density at radius 3 is 2.40 bits per heavy atom. The Balaban J connectivity index is 2.96. The summed E-state index contributed by atoms with van der Waals surface area (Å²) in [4.78, 5) is 0. The molecule has 0 heterocycles. The second-order valence-electron chi connectivity index (χ2n) is 7.30. The summed E-state index contributed by atoms with van der Waals surface area (Å²) in [5.74, 6) is 0. The van der Waals surface area contributed by atoms with Gasteiger partial charge in [0.05, 0.1) is 0 Å². The van der Waals surface area contributed by atoms with Gasteiger partial charge in [0.15, 0.2) is 0 Å². The summed E-state index contributed by atoms with van der Waals surface area (Å²) in [6.07, 6.45) is 14.6. The maximum absolute atomic E-state index is 4.35. The minimum atomic E-state index is 0.929. The first kappa shape index (κ1) is 21.2. The molecule has 0 N–H and O–H groups in total. The molecule has 1 rings (SSSR count). The summed E-state index contributed by atoms with van der Waals surface area (Å²) >= 11 is 0. The van der Waals surface area contributed by atoms with E-state index in [0.29, 0.717) is 0 Å². The zero-order valence-corrected chi connectivity index (χ0v) is 16.9. The number of benzene rings is 1. The van der Waals surface area contributed by atoms with Crippen LogP contribution in [0.4, 0.5) is 0 Å². The van der Waals surface area contributed by atoms with Crippen molar-refractivity contribution in [1.82, 2.24) is 0 Å². The maximum Gasteiger partial charge on any atom is -0.00887 e. The Morgan fingerprint density at radius 1 is 1.08 bits per heavy atom. The second kappa shape index (κ2) is 10.9. The van der Waals surface area contributed by atoms with Crippen LogP contribution in [0, 0.1) is 0 Å². The molecule has 0 unspecified atom stereocenters. The average molecular weight is 337 g/mol.